The Morgan fingerprint density at radius 2 is 0.712 bits per heavy atom. The van der Waals surface area contributed by atoms with Crippen molar-refractivity contribution in [3.05, 3.63) is 295 Å². The van der Waals surface area contributed by atoms with Crippen LogP contribution >= 0.6 is 0 Å². The molecule has 0 saturated carbocycles. The SMILES string of the molecule is O=C1c2cccc3c2C(O)N1C(c1ccccc1)(c1ccc(-c2ccccc2)cc1)c1cc(-c2ccccc2)cc(c1)-c1cccc2c4cccc(-c5cc(-c6ccccc6)cc(-c6ccccc6)c5)c4n-3c12. The molecule has 0 saturated heterocycles. The number of carbonyl (C=O) groups excluding carboxylic acids is 1. The lowest BCUT2D eigenvalue weighted by Gasteiger charge is -2.45. The Morgan fingerprint density at radius 1 is 0.329 bits per heavy atom. The second-order valence-electron chi connectivity index (χ2n) is 19.2. The van der Waals surface area contributed by atoms with Gasteiger partial charge in [0.05, 0.1) is 16.7 Å². The van der Waals surface area contributed by atoms with Gasteiger partial charge in [0.1, 0.15) is 5.54 Å². The fourth-order valence-corrected chi connectivity index (χ4v) is 12.0. The van der Waals surface area contributed by atoms with Gasteiger partial charge in [-0.15, -0.1) is 0 Å². The second-order valence-corrected chi connectivity index (χ2v) is 19.2. The molecule has 4 nitrogen and oxygen atoms in total. The first-order valence-corrected chi connectivity index (χ1v) is 24.9. The number of aromatic nitrogens is 1. The van der Waals surface area contributed by atoms with E-state index in [1.54, 1.807) is 4.90 Å². The minimum absolute atomic E-state index is 0.253. The van der Waals surface area contributed by atoms with Crippen molar-refractivity contribution in [3.8, 4) is 72.4 Å². The molecule has 0 aliphatic carbocycles. The molecule has 3 heterocycles. The first-order valence-electron chi connectivity index (χ1n) is 24.9. The van der Waals surface area contributed by atoms with E-state index in [2.05, 4.69) is 229 Å². The highest BCUT2D eigenvalue weighted by molar-refractivity contribution is 6.18. The van der Waals surface area contributed by atoms with E-state index in [0.717, 1.165) is 111 Å². The van der Waals surface area contributed by atoms with Gasteiger partial charge in [0.25, 0.3) is 5.91 Å². The van der Waals surface area contributed by atoms with Gasteiger partial charge in [0.2, 0.25) is 0 Å². The third-order valence-corrected chi connectivity index (χ3v) is 15.3. The molecule has 0 fully saturated rings. The number of carbonyl (C=O) groups is 1. The van der Waals surface area contributed by atoms with E-state index >= 15 is 4.79 Å². The van der Waals surface area contributed by atoms with E-state index in [9.17, 15) is 5.11 Å². The summed E-state index contributed by atoms with van der Waals surface area (Å²) in [5.74, 6) is -0.253. The number of rotatable bonds is 7. The molecule has 2 aliphatic rings. The largest absolute Gasteiger partial charge is 0.369 e. The molecule has 2 unspecified atom stereocenters. The lowest BCUT2D eigenvalue weighted by Crippen LogP contribution is -2.50. The predicted molar refractivity (Wildman–Crippen MR) is 297 cm³/mol. The van der Waals surface area contributed by atoms with Crippen molar-refractivity contribution in [3.63, 3.8) is 0 Å². The summed E-state index contributed by atoms with van der Waals surface area (Å²) < 4.78 is 2.35. The van der Waals surface area contributed by atoms with Crippen LogP contribution in [0.1, 0.15) is 38.8 Å². The van der Waals surface area contributed by atoms with Crippen LogP contribution in [0, 0.1) is 0 Å². The van der Waals surface area contributed by atoms with Crippen molar-refractivity contribution in [1.82, 2.24) is 9.47 Å². The molecular weight excluding hydrogens is 889 g/mol. The van der Waals surface area contributed by atoms with Gasteiger partial charge in [-0.05, 0) is 121 Å². The summed E-state index contributed by atoms with van der Waals surface area (Å²) in [6.07, 6.45) is -1.37. The Kier molecular flexibility index (Phi) is 9.85. The normalized spacial score (nSPS) is 15.7. The molecule has 14 rings (SSSR count). The number of para-hydroxylation sites is 2. The van der Waals surface area contributed by atoms with Gasteiger partial charge in [0, 0.05) is 33.0 Å². The number of fused-ring (bicyclic) bond motifs is 8. The molecule has 1 amide bonds. The molecule has 73 heavy (non-hydrogen) atoms. The van der Waals surface area contributed by atoms with Crippen LogP contribution in [0.15, 0.2) is 267 Å². The van der Waals surface area contributed by atoms with Crippen molar-refractivity contribution in [2.75, 3.05) is 0 Å². The van der Waals surface area contributed by atoms with Crippen LogP contribution in [-0.2, 0) is 5.54 Å². The van der Waals surface area contributed by atoms with Gasteiger partial charge >= 0.3 is 0 Å². The molecule has 0 spiro atoms. The van der Waals surface area contributed by atoms with Crippen LogP contribution in [0.5, 0.6) is 0 Å². The Labute approximate surface area is 424 Å². The lowest BCUT2D eigenvalue weighted by molar-refractivity contribution is -0.0174. The molecule has 12 aromatic rings. The van der Waals surface area contributed by atoms with Crippen LogP contribution in [0.2, 0.25) is 0 Å². The van der Waals surface area contributed by atoms with Crippen LogP contribution in [-0.4, -0.2) is 20.5 Å². The minimum atomic E-state index is -1.37. The van der Waals surface area contributed by atoms with Crippen LogP contribution in [0.25, 0.3) is 94.3 Å². The minimum Gasteiger partial charge on any atom is -0.369 e. The highest BCUT2D eigenvalue weighted by Gasteiger charge is 2.53. The number of amides is 1. The zero-order valence-corrected chi connectivity index (χ0v) is 39.7. The highest BCUT2D eigenvalue weighted by Crippen LogP contribution is 2.55. The number of hydrogen-bond acceptors (Lipinski definition) is 2. The van der Waals surface area contributed by atoms with E-state index in [0.29, 0.717) is 11.1 Å². The average molecular weight is 935 g/mol. The summed E-state index contributed by atoms with van der Waals surface area (Å²) in [5, 5.41) is 15.8. The molecule has 1 aromatic heterocycles. The summed E-state index contributed by atoms with van der Waals surface area (Å²) >= 11 is 0. The third kappa shape index (κ3) is 6.61. The van der Waals surface area contributed by atoms with Crippen LogP contribution in [0.4, 0.5) is 0 Å². The van der Waals surface area contributed by atoms with E-state index in [1.165, 1.54) is 0 Å². The van der Waals surface area contributed by atoms with E-state index in [1.807, 2.05) is 42.5 Å². The summed E-state index contributed by atoms with van der Waals surface area (Å²) in [4.78, 5) is 17.8. The summed E-state index contributed by atoms with van der Waals surface area (Å²) in [6.45, 7) is 0. The predicted octanol–water partition coefficient (Wildman–Crippen LogP) is 16.5. The smallest absolute Gasteiger partial charge is 0.257 e. The van der Waals surface area contributed by atoms with Gasteiger partial charge in [-0.1, -0.05) is 218 Å². The lowest BCUT2D eigenvalue weighted by atomic mass is 9.73. The topological polar surface area (TPSA) is 45.5 Å². The summed E-state index contributed by atoms with van der Waals surface area (Å²) in [6, 6.07) is 93.7. The number of aliphatic hydroxyl groups excluding tert-OH is 1. The molecule has 2 aliphatic heterocycles. The van der Waals surface area contributed by atoms with Gasteiger partial charge in [-0.2, -0.15) is 0 Å². The maximum atomic E-state index is 16.1. The van der Waals surface area contributed by atoms with Gasteiger partial charge in [-0.25, -0.2) is 0 Å². The maximum absolute atomic E-state index is 16.1. The molecule has 4 bridgehead atoms. The zero-order chi connectivity index (χ0) is 48.6. The quantitative estimate of drug-likeness (QED) is 0.173. The van der Waals surface area contributed by atoms with Gasteiger partial charge < -0.3 is 9.67 Å². The molecule has 2 atom stereocenters. The van der Waals surface area contributed by atoms with Crippen molar-refractivity contribution >= 4 is 27.7 Å². The molecule has 11 aromatic carbocycles. The van der Waals surface area contributed by atoms with Crippen molar-refractivity contribution in [2.24, 2.45) is 0 Å². The van der Waals surface area contributed by atoms with Crippen LogP contribution in [0.3, 0.4) is 0 Å². The van der Waals surface area contributed by atoms with E-state index in [-0.39, 0.29) is 5.91 Å². The van der Waals surface area contributed by atoms with Gasteiger partial charge in [-0.3, -0.25) is 9.69 Å². The molecule has 0 radical (unpaired) electrons. The van der Waals surface area contributed by atoms with E-state index < -0.39 is 11.8 Å². The van der Waals surface area contributed by atoms with Crippen molar-refractivity contribution < 1.29 is 9.90 Å². The number of aliphatic hydroxyl groups is 1. The van der Waals surface area contributed by atoms with Crippen molar-refractivity contribution in [2.45, 2.75) is 11.8 Å². The number of hydrogen-bond donors (Lipinski definition) is 1. The fourth-order valence-electron chi connectivity index (χ4n) is 12.0. The number of nitrogens with zero attached hydrogens (tertiary/aromatic N) is 2. The highest BCUT2D eigenvalue weighted by atomic mass is 16.3. The molecule has 344 valence electrons. The standard InChI is InChI=1S/C69H46N2O2/c72-67-62-33-18-34-63-64(62)68(73)71(67)69(55-27-14-5-15-28-55,56-37-35-49(36-38-56)45-19-6-1-7-20-45)57-43-52(48-25-12-4-13-26-48)42-54(44-57)59-30-17-32-61-60-31-16-29-58(65(60)70(63)66(59)61)53-40-50(46-21-8-2-9-22-46)39-51(41-53)47-23-10-3-11-24-47/h1-44,68,73H. The Balaban J connectivity index is 1.12. The van der Waals surface area contributed by atoms with Crippen LogP contribution < -0.4 is 0 Å². The molecule has 4 heteroatoms. The van der Waals surface area contributed by atoms with Crippen molar-refractivity contribution in [1.29, 1.82) is 0 Å². The Bertz CT molecular complexity index is 4040. The summed E-state index contributed by atoms with van der Waals surface area (Å²) in [5.41, 5.74) is 17.8. The monoisotopic (exact) mass is 934 g/mol. The first kappa shape index (κ1) is 42.5. The zero-order valence-electron chi connectivity index (χ0n) is 39.7. The third-order valence-electron chi connectivity index (χ3n) is 15.3. The Morgan fingerprint density at radius 3 is 1.23 bits per heavy atom. The fraction of sp³-hybridized carbons (Fsp3) is 0.0290. The van der Waals surface area contributed by atoms with Gasteiger partial charge in [0.15, 0.2) is 6.23 Å². The number of benzene rings is 11. The van der Waals surface area contributed by atoms with E-state index in [4.69, 9.17) is 0 Å². The summed E-state index contributed by atoms with van der Waals surface area (Å²) in [7, 11) is 0. The molecular formula is C69H46N2O2. The first-order chi connectivity index (χ1) is 36.0. The second kappa shape index (κ2) is 16.9. The average Bonchev–Trinajstić information content (AvgIpc) is 3.97. The maximum Gasteiger partial charge on any atom is 0.257 e. The Hall–Kier alpha value is -9.35. The molecule has 1 N–H and O–H groups in total.